The van der Waals surface area contributed by atoms with Crippen molar-refractivity contribution in [3.8, 4) is 0 Å². The van der Waals surface area contributed by atoms with Gasteiger partial charge in [-0.15, -0.1) is 0 Å². The molecule has 2 aromatic carbocycles. The fourth-order valence-electron chi connectivity index (χ4n) is 6.21. The van der Waals surface area contributed by atoms with Gasteiger partial charge in [0, 0.05) is 49.5 Å². The van der Waals surface area contributed by atoms with E-state index in [4.69, 9.17) is 0 Å². The molecule has 2 atom stereocenters. The van der Waals surface area contributed by atoms with E-state index in [2.05, 4.69) is 15.2 Å². The smallest absolute Gasteiger partial charge is 0.405 e. The quantitative estimate of drug-likeness (QED) is 0.265. The third kappa shape index (κ3) is 5.60. The number of nitrogens with one attached hydrogen (secondary N) is 2. The highest BCUT2D eigenvalue weighted by molar-refractivity contribution is 7.07. The first kappa shape index (κ1) is 28.5. The van der Waals surface area contributed by atoms with Crippen molar-refractivity contribution in [2.45, 2.75) is 57.8 Å². The van der Waals surface area contributed by atoms with Gasteiger partial charge in [-0.1, -0.05) is 30.3 Å². The summed E-state index contributed by atoms with van der Waals surface area (Å²) in [6, 6.07) is 13.4. The second-order valence-electron chi connectivity index (χ2n) is 10.9. The summed E-state index contributed by atoms with van der Waals surface area (Å²) in [6.45, 7) is 3.63. The largest absolute Gasteiger partial charge is 0.465 e. The molecule has 43 heavy (non-hydrogen) atoms. The average molecular weight is 600 g/mol. The molecule has 4 amide bonds. The minimum absolute atomic E-state index is 0.0266. The second kappa shape index (κ2) is 11.9. The number of para-hydroxylation sites is 2. The van der Waals surface area contributed by atoms with Crippen LogP contribution in [0.3, 0.4) is 0 Å². The van der Waals surface area contributed by atoms with Gasteiger partial charge in [0.25, 0.3) is 0 Å². The van der Waals surface area contributed by atoms with Crippen LogP contribution < -0.4 is 20.4 Å². The van der Waals surface area contributed by atoms with Gasteiger partial charge in [0.2, 0.25) is 17.7 Å². The number of amides is 4. The van der Waals surface area contributed by atoms with E-state index < -0.39 is 24.1 Å². The maximum atomic E-state index is 14.1. The first-order valence-electron chi connectivity index (χ1n) is 14.4. The molecule has 4 aromatic rings. The Balaban J connectivity index is 1.30. The number of carboxylic acid groups (broad SMARTS) is 1. The van der Waals surface area contributed by atoms with Gasteiger partial charge >= 0.3 is 6.09 Å². The number of aromatic nitrogens is 1. The fraction of sp³-hybridized carbons (Fsp3) is 0.312. The highest BCUT2D eigenvalue weighted by atomic mass is 32.1. The van der Waals surface area contributed by atoms with Crippen molar-refractivity contribution >= 4 is 57.4 Å². The molecular formula is C32H33N5O5S. The minimum atomic E-state index is -1.32. The van der Waals surface area contributed by atoms with Crippen LogP contribution in [0.25, 0.3) is 10.9 Å². The Bertz CT molecular complexity index is 1700. The molecule has 2 aliphatic heterocycles. The van der Waals surface area contributed by atoms with Gasteiger partial charge in [0.15, 0.2) is 0 Å². The zero-order valence-electron chi connectivity index (χ0n) is 23.8. The third-order valence-corrected chi connectivity index (χ3v) is 8.94. The molecule has 6 rings (SSSR count). The molecule has 0 saturated carbocycles. The van der Waals surface area contributed by atoms with Crippen LogP contribution in [-0.2, 0) is 40.3 Å². The number of hydrogen-bond donors (Lipinski definition) is 3. The molecule has 2 aromatic heterocycles. The van der Waals surface area contributed by atoms with E-state index in [-0.39, 0.29) is 31.2 Å². The molecule has 0 bridgehead atoms. The van der Waals surface area contributed by atoms with Crippen molar-refractivity contribution in [3.63, 3.8) is 0 Å². The number of fused-ring (bicyclic) bond motifs is 2. The molecule has 10 nitrogen and oxygen atoms in total. The van der Waals surface area contributed by atoms with E-state index in [9.17, 15) is 24.3 Å². The Kier molecular flexibility index (Phi) is 7.90. The van der Waals surface area contributed by atoms with Gasteiger partial charge in [0.05, 0.1) is 17.9 Å². The number of hydrogen-bond acceptors (Lipinski definition) is 5. The van der Waals surface area contributed by atoms with Gasteiger partial charge < -0.3 is 30.1 Å². The van der Waals surface area contributed by atoms with Crippen LogP contribution in [0.5, 0.6) is 0 Å². The van der Waals surface area contributed by atoms with Gasteiger partial charge in [0.1, 0.15) is 12.1 Å². The predicted molar refractivity (Wildman–Crippen MR) is 165 cm³/mol. The molecule has 0 radical (unpaired) electrons. The normalized spacial score (nSPS) is 17.3. The Hall–Kier alpha value is -4.64. The van der Waals surface area contributed by atoms with Crippen LogP contribution in [-0.4, -0.2) is 52.1 Å². The summed E-state index contributed by atoms with van der Waals surface area (Å²) in [5, 5.41) is 19.7. The summed E-state index contributed by atoms with van der Waals surface area (Å²) >= 11 is 1.53. The van der Waals surface area contributed by atoms with Crippen LogP contribution in [0, 0.1) is 0 Å². The molecule has 0 aliphatic carbocycles. The number of carbonyl (C=O) groups excluding carboxylic acids is 3. The molecule has 1 unspecified atom stereocenters. The molecule has 4 heterocycles. The van der Waals surface area contributed by atoms with Crippen LogP contribution >= 0.6 is 11.3 Å². The number of benzene rings is 2. The average Bonchev–Trinajstić information content (AvgIpc) is 3.75. The van der Waals surface area contributed by atoms with Crippen molar-refractivity contribution in [1.82, 2.24) is 15.2 Å². The molecule has 0 spiro atoms. The standard InChI is InChI=1S/C32H33N5O5S/c1-2-35-18-22(23-8-3-4-9-26(23)35)16-24(34-32(41)42)30(39)33-25-15-21-7-5-10-27(36-13-6-11-28(36)38)29(21)37(31(25)40)17-20-12-14-43-19-20/h3-5,7-10,12,14,18-19,24-25,34H,2,6,11,13,15-17H2,1H3,(H,33,39)(H,41,42)/t24-,25?/m1/s1. The Morgan fingerprint density at radius 2 is 1.95 bits per heavy atom. The van der Waals surface area contributed by atoms with Crippen molar-refractivity contribution in [2.75, 3.05) is 16.3 Å². The first-order chi connectivity index (χ1) is 20.8. The van der Waals surface area contributed by atoms with E-state index >= 15 is 0 Å². The number of carbonyl (C=O) groups is 4. The zero-order chi connectivity index (χ0) is 30.1. The number of aryl methyl sites for hydroxylation is 1. The van der Waals surface area contributed by atoms with Crippen LogP contribution in [0.4, 0.5) is 16.2 Å². The second-order valence-corrected chi connectivity index (χ2v) is 11.7. The van der Waals surface area contributed by atoms with E-state index in [1.54, 1.807) is 9.80 Å². The SMILES string of the molecule is CCn1cc(C[C@@H](NC(=O)O)C(=O)NC2Cc3cccc(N4CCCC4=O)c3N(Cc3ccsc3)C2=O)c2ccccc21. The van der Waals surface area contributed by atoms with Gasteiger partial charge in [-0.2, -0.15) is 11.3 Å². The molecular weight excluding hydrogens is 566 g/mol. The fourth-order valence-corrected chi connectivity index (χ4v) is 6.87. The van der Waals surface area contributed by atoms with Crippen molar-refractivity contribution in [1.29, 1.82) is 0 Å². The zero-order valence-corrected chi connectivity index (χ0v) is 24.6. The van der Waals surface area contributed by atoms with E-state index in [0.717, 1.165) is 40.6 Å². The summed E-state index contributed by atoms with van der Waals surface area (Å²) in [4.78, 5) is 55.7. The first-order valence-corrected chi connectivity index (χ1v) is 15.4. The molecule has 2 aliphatic rings. The minimum Gasteiger partial charge on any atom is -0.465 e. The lowest BCUT2D eigenvalue weighted by Crippen LogP contribution is -2.57. The van der Waals surface area contributed by atoms with Crippen LogP contribution in [0.2, 0.25) is 0 Å². The number of thiophene rings is 1. The number of nitrogens with zero attached hydrogens (tertiary/aromatic N) is 3. The van der Waals surface area contributed by atoms with Gasteiger partial charge in [-0.3, -0.25) is 14.4 Å². The monoisotopic (exact) mass is 599 g/mol. The summed E-state index contributed by atoms with van der Waals surface area (Å²) < 4.78 is 2.06. The molecule has 3 N–H and O–H groups in total. The maximum absolute atomic E-state index is 14.1. The van der Waals surface area contributed by atoms with Crippen molar-refractivity contribution in [3.05, 3.63) is 82.2 Å². The lowest BCUT2D eigenvalue weighted by molar-refractivity contribution is -0.129. The molecule has 1 saturated heterocycles. The predicted octanol–water partition coefficient (Wildman–Crippen LogP) is 4.30. The third-order valence-electron chi connectivity index (χ3n) is 8.21. The Labute approximate surface area is 252 Å². The molecule has 222 valence electrons. The maximum Gasteiger partial charge on any atom is 0.405 e. The van der Waals surface area contributed by atoms with E-state index in [1.165, 1.54) is 11.3 Å². The highest BCUT2D eigenvalue weighted by Gasteiger charge is 2.38. The number of anilines is 2. The number of rotatable bonds is 9. The van der Waals surface area contributed by atoms with Crippen LogP contribution in [0.1, 0.15) is 36.5 Å². The van der Waals surface area contributed by atoms with Crippen LogP contribution in [0.15, 0.2) is 65.5 Å². The Morgan fingerprint density at radius 3 is 2.67 bits per heavy atom. The van der Waals surface area contributed by atoms with E-state index in [0.29, 0.717) is 24.3 Å². The van der Waals surface area contributed by atoms with Gasteiger partial charge in [-0.05, 0) is 59.0 Å². The van der Waals surface area contributed by atoms with E-state index in [1.807, 2.05) is 72.4 Å². The van der Waals surface area contributed by atoms with Gasteiger partial charge in [-0.25, -0.2) is 4.79 Å². The summed E-state index contributed by atoms with van der Waals surface area (Å²) in [7, 11) is 0. The Morgan fingerprint density at radius 1 is 1.12 bits per heavy atom. The highest BCUT2D eigenvalue weighted by Crippen LogP contribution is 2.40. The lowest BCUT2D eigenvalue weighted by Gasteiger charge is -2.37. The lowest BCUT2D eigenvalue weighted by atomic mass is 9.94. The van der Waals surface area contributed by atoms with Crippen molar-refractivity contribution < 1.29 is 24.3 Å². The van der Waals surface area contributed by atoms with Crippen molar-refractivity contribution in [2.24, 2.45) is 0 Å². The summed E-state index contributed by atoms with van der Waals surface area (Å²) in [5.74, 6) is -0.847. The topological polar surface area (TPSA) is 124 Å². The summed E-state index contributed by atoms with van der Waals surface area (Å²) in [5.41, 5.74) is 5.01. The molecule has 11 heteroatoms. The summed E-state index contributed by atoms with van der Waals surface area (Å²) in [6.07, 6.45) is 2.21. The molecule has 1 fully saturated rings.